The molecule has 228 valence electrons. The second kappa shape index (κ2) is 12.3. The first-order chi connectivity index (χ1) is 20.7. The normalized spacial score (nSPS) is 19.2. The van der Waals surface area contributed by atoms with Crippen LogP contribution in [0.4, 0.5) is 4.79 Å². The molecule has 1 saturated carbocycles. The molecule has 1 aliphatic carbocycles. The summed E-state index contributed by atoms with van der Waals surface area (Å²) in [4.78, 5) is 33.0. The van der Waals surface area contributed by atoms with Crippen molar-refractivity contribution in [2.24, 2.45) is 5.92 Å². The van der Waals surface area contributed by atoms with Gasteiger partial charge in [0.25, 0.3) is 0 Å². The maximum Gasteiger partial charge on any atom is 0.410 e. The molecule has 43 heavy (non-hydrogen) atoms. The third-order valence-electron chi connectivity index (χ3n) is 8.62. The highest BCUT2D eigenvalue weighted by Crippen LogP contribution is 2.42. The second-order valence-corrected chi connectivity index (χ2v) is 14.1. The number of ether oxygens (including phenoxy) is 2. The van der Waals surface area contributed by atoms with E-state index >= 15 is 0 Å². The number of methoxy groups -OCH3 is 1. The molecule has 2 aromatic heterocycles. The van der Waals surface area contributed by atoms with Gasteiger partial charge in [-0.2, -0.15) is 0 Å². The maximum atomic E-state index is 14.7. The molecule has 7 nitrogen and oxygen atoms in total. The molecule has 0 radical (unpaired) electrons. The second-order valence-electron chi connectivity index (χ2n) is 13.0. The minimum absolute atomic E-state index is 0.0558. The van der Waals surface area contributed by atoms with E-state index < -0.39 is 5.60 Å². The highest BCUT2D eigenvalue weighted by molar-refractivity contribution is 7.19. The lowest BCUT2D eigenvalue weighted by molar-refractivity contribution is -0.139. The molecule has 2 atom stereocenters. The number of amides is 2. The van der Waals surface area contributed by atoms with Crippen molar-refractivity contribution in [3.63, 3.8) is 0 Å². The molecule has 0 unspecified atom stereocenters. The zero-order chi connectivity index (χ0) is 30.1. The predicted molar refractivity (Wildman–Crippen MR) is 172 cm³/mol. The number of nitrogens with zero attached hydrogens (tertiary/aromatic N) is 3. The largest absolute Gasteiger partial charge is 0.444 e. The van der Waals surface area contributed by atoms with E-state index in [9.17, 15) is 9.59 Å². The lowest BCUT2D eigenvalue weighted by Gasteiger charge is -2.40. The van der Waals surface area contributed by atoms with Crippen molar-refractivity contribution in [2.45, 2.75) is 77.1 Å². The van der Waals surface area contributed by atoms with Crippen molar-refractivity contribution in [1.29, 1.82) is 0 Å². The summed E-state index contributed by atoms with van der Waals surface area (Å²) in [6, 6.07) is 19.4. The highest BCUT2D eigenvalue weighted by atomic mass is 32.1. The van der Waals surface area contributed by atoms with Crippen molar-refractivity contribution in [2.75, 3.05) is 26.8 Å². The number of rotatable bonds is 9. The van der Waals surface area contributed by atoms with E-state index in [0.717, 1.165) is 32.2 Å². The molecule has 8 heteroatoms. The van der Waals surface area contributed by atoms with E-state index in [0.29, 0.717) is 26.2 Å². The van der Waals surface area contributed by atoms with Crippen molar-refractivity contribution in [1.82, 2.24) is 14.4 Å². The minimum atomic E-state index is -0.587. The topological polar surface area (TPSA) is 64.0 Å². The maximum absolute atomic E-state index is 14.7. The fraction of sp³-hybridized carbons (Fsp3) is 0.486. The first-order valence-corrected chi connectivity index (χ1v) is 16.4. The number of aromatic nitrogens is 1. The molecular formula is C35H43N3O4S. The van der Waals surface area contributed by atoms with Gasteiger partial charge in [0.2, 0.25) is 5.91 Å². The lowest BCUT2D eigenvalue weighted by Crippen LogP contribution is -2.50. The Balaban J connectivity index is 1.31. The molecule has 4 aromatic rings. The average molecular weight is 602 g/mol. The van der Waals surface area contributed by atoms with Crippen LogP contribution in [0.3, 0.4) is 0 Å². The molecule has 0 bridgehead atoms. The smallest absolute Gasteiger partial charge is 0.410 e. The lowest BCUT2D eigenvalue weighted by atomic mass is 9.83. The first-order valence-electron chi connectivity index (χ1n) is 15.5. The van der Waals surface area contributed by atoms with Gasteiger partial charge in [-0.05, 0) is 75.6 Å². The number of fused-ring (bicyclic) bond motifs is 2. The Kier molecular flexibility index (Phi) is 8.51. The van der Waals surface area contributed by atoms with Gasteiger partial charge in [-0.1, -0.05) is 36.4 Å². The van der Waals surface area contributed by atoms with Gasteiger partial charge in [0.05, 0.1) is 5.92 Å². The summed E-state index contributed by atoms with van der Waals surface area (Å²) in [5.41, 5.74) is 1.77. The highest BCUT2D eigenvalue weighted by Gasteiger charge is 2.44. The van der Waals surface area contributed by atoms with E-state index in [1.54, 1.807) is 23.3 Å². The van der Waals surface area contributed by atoms with Crippen LogP contribution in [0.15, 0.2) is 60.8 Å². The van der Waals surface area contributed by atoms with E-state index in [2.05, 4.69) is 70.3 Å². The third-order valence-corrected chi connectivity index (χ3v) is 9.87. The molecule has 2 aliphatic rings. The van der Waals surface area contributed by atoms with Crippen LogP contribution in [0.1, 0.15) is 62.8 Å². The number of carbonyl (C=O) groups excluding carboxylic acids is 2. The van der Waals surface area contributed by atoms with Gasteiger partial charge in [-0.25, -0.2) is 4.79 Å². The van der Waals surface area contributed by atoms with Crippen LogP contribution in [0, 0.1) is 5.92 Å². The Morgan fingerprint density at radius 1 is 1.05 bits per heavy atom. The molecule has 1 aliphatic heterocycles. The van der Waals surface area contributed by atoms with Gasteiger partial charge in [0.1, 0.15) is 5.60 Å². The Morgan fingerprint density at radius 2 is 1.81 bits per heavy atom. The van der Waals surface area contributed by atoms with Gasteiger partial charge in [0, 0.05) is 78.5 Å². The van der Waals surface area contributed by atoms with Crippen molar-refractivity contribution >= 4 is 44.3 Å². The number of hydrogen-bond donors (Lipinski definition) is 0. The summed E-state index contributed by atoms with van der Waals surface area (Å²) >= 11 is 1.78. The summed E-state index contributed by atoms with van der Waals surface area (Å²) in [5, 5.41) is 2.40. The van der Waals surface area contributed by atoms with Crippen molar-refractivity contribution in [3.8, 4) is 0 Å². The van der Waals surface area contributed by atoms with Gasteiger partial charge < -0.3 is 23.8 Å². The first kappa shape index (κ1) is 29.7. The number of aryl methyl sites for hydroxylation is 1. The third kappa shape index (κ3) is 6.60. The Bertz CT molecular complexity index is 1560. The predicted octanol–water partition coefficient (Wildman–Crippen LogP) is 7.42. The molecule has 2 fully saturated rings. The molecule has 0 spiro atoms. The van der Waals surface area contributed by atoms with Crippen LogP contribution in [-0.2, 0) is 27.4 Å². The number of hydrogen-bond acceptors (Lipinski definition) is 5. The van der Waals surface area contributed by atoms with E-state index in [1.165, 1.54) is 31.4 Å². The number of likely N-dealkylation sites (tertiary alicyclic amines) is 1. The van der Waals surface area contributed by atoms with Crippen molar-refractivity contribution in [3.05, 3.63) is 71.2 Å². The summed E-state index contributed by atoms with van der Waals surface area (Å²) in [7, 11) is 1.74. The van der Waals surface area contributed by atoms with Crippen LogP contribution in [0.5, 0.6) is 0 Å². The summed E-state index contributed by atoms with van der Waals surface area (Å²) < 4.78 is 14.6. The average Bonchev–Trinajstić information content (AvgIpc) is 3.64. The van der Waals surface area contributed by atoms with Gasteiger partial charge >= 0.3 is 6.09 Å². The number of para-hydroxylation sites is 1. The zero-order valence-corrected chi connectivity index (χ0v) is 26.6. The molecule has 0 N–H and O–H groups in total. The van der Waals surface area contributed by atoms with Crippen LogP contribution >= 0.6 is 11.3 Å². The SMILES string of the molecule is COCCCn1cc(CN(C(=O)[C@H]2CN(C(=O)OC(C)(C)C)CC[C@@H]2c2cc3ccccc3s2)C2CC2)c2ccccc21. The quantitative estimate of drug-likeness (QED) is 0.187. The molecule has 1 saturated heterocycles. The van der Waals surface area contributed by atoms with E-state index in [1.807, 2.05) is 20.8 Å². The monoisotopic (exact) mass is 601 g/mol. The molecule has 6 rings (SSSR count). The summed E-state index contributed by atoms with van der Waals surface area (Å²) in [5.74, 6) is -0.125. The number of piperidine rings is 1. The summed E-state index contributed by atoms with van der Waals surface area (Å²) in [6.07, 6.45) is 5.60. The fourth-order valence-corrected chi connectivity index (χ4v) is 7.67. The van der Waals surface area contributed by atoms with Crippen LogP contribution < -0.4 is 0 Å². The Morgan fingerprint density at radius 3 is 2.56 bits per heavy atom. The number of carbonyl (C=O) groups is 2. The molecule has 2 amide bonds. The number of benzene rings is 2. The standard InChI is InChI=1S/C35H43N3O4S/c1-35(2,3)42-34(40)37-18-16-28(32-20-24-10-5-8-13-31(24)43-32)29(23-37)33(39)38(26-14-15-26)22-25-21-36(17-9-19-41-4)30-12-7-6-11-27(25)30/h5-8,10-13,20-21,26,28-29H,9,14-19,22-23H2,1-4H3/t28-,29-/m0/s1. The van der Waals surface area contributed by atoms with Crippen LogP contribution in [0.25, 0.3) is 21.0 Å². The Labute approximate surface area is 258 Å². The van der Waals surface area contributed by atoms with Gasteiger partial charge in [0.15, 0.2) is 0 Å². The van der Waals surface area contributed by atoms with Gasteiger partial charge in [-0.3, -0.25) is 4.79 Å². The van der Waals surface area contributed by atoms with E-state index in [-0.39, 0.29) is 29.9 Å². The molecule has 2 aromatic carbocycles. The van der Waals surface area contributed by atoms with E-state index in [4.69, 9.17) is 9.47 Å². The van der Waals surface area contributed by atoms with Crippen LogP contribution in [0.2, 0.25) is 0 Å². The molecular weight excluding hydrogens is 558 g/mol. The van der Waals surface area contributed by atoms with Crippen molar-refractivity contribution < 1.29 is 19.1 Å². The fourth-order valence-electron chi connectivity index (χ4n) is 6.40. The Hall–Kier alpha value is -3.36. The zero-order valence-electron chi connectivity index (χ0n) is 25.8. The van der Waals surface area contributed by atoms with Gasteiger partial charge in [-0.15, -0.1) is 11.3 Å². The molecule has 3 heterocycles. The summed E-state index contributed by atoms with van der Waals surface area (Å²) in [6.45, 7) is 8.76. The van der Waals surface area contributed by atoms with Crippen LogP contribution in [-0.4, -0.2) is 64.8 Å². The minimum Gasteiger partial charge on any atom is -0.444 e. The number of thiophene rings is 1.